The molecule has 2 atom stereocenters. The van der Waals surface area contributed by atoms with Crippen molar-refractivity contribution in [1.82, 2.24) is 10.6 Å². The smallest absolute Gasteiger partial charge is 0.269 e. The number of nitro benzene ring substituents is 1. The van der Waals surface area contributed by atoms with Gasteiger partial charge < -0.3 is 20.8 Å². The van der Waals surface area contributed by atoms with E-state index in [0.29, 0.717) is 10.7 Å². The van der Waals surface area contributed by atoms with Crippen LogP contribution in [-0.2, 0) is 0 Å². The average Bonchev–Trinajstić information content (AvgIpc) is 2.43. The highest BCUT2D eigenvalue weighted by molar-refractivity contribution is 7.80. The Bertz CT molecular complexity index is 452. The van der Waals surface area contributed by atoms with E-state index in [1.165, 1.54) is 24.3 Å². The molecule has 0 spiro atoms. The Kier molecular flexibility index (Phi) is 5.61. The molecule has 0 saturated heterocycles. The number of aliphatic hydroxyl groups excluding tert-OH is 2. The summed E-state index contributed by atoms with van der Waals surface area (Å²) >= 11 is 4.89. The summed E-state index contributed by atoms with van der Waals surface area (Å²) in [5.74, 6) is 0. The zero-order chi connectivity index (χ0) is 14.4. The summed E-state index contributed by atoms with van der Waals surface area (Å²) in [7, 11) is 1.61. The van der Waals surface area contributed by atoms with Gasteiger partial charge in [0.1, 0.15) is 6.10 Å². The molecule has 7 nitrogen and oxygen atoms in total. The first kappa shape index (κ1) is 15.3. The van der Waals surface area contributed by atoms with Crippen LogP contribution in [-0.4, -0.2) is 39.9 Å². The Labute approximate surface area is 115 Å². The minimum atomic E-state index is -1.03. The highest BCUT2D eigenvalue weighted by atomic mass is 32.1. The standard InChI is InChI=1S/C11H15N3O4S/c1-12-11(19)13-9(6-15)10(16)7-2-4-8(5-3-7)14(17)18/h2-5,9-10,15-16H,6H2,1H3,(H2,12,13,19). The topological polar surface area (TPSA) is 108 Å². The maximum absolute atomic E-state index is 10.5. The molecule has 0 radical (unpaired) electrons. The van der Waals surface area contributed by atoms with E-state index in [0.717, 1.165) is 0 Å². The first-order chi connectivity index (χ1) is 8.99. The van der Waals surface area contributed by atoms with Crippen LogP contribution in [0.4, 0.5) is 5.69 Å². The van der Waals surface area contributed by atoms with Crippen LogP contribution >= 0.6 is 12.2 Å². The molecule has 0 fully saturated rings. The second-order valence-corrected chi connectivity index (χ2v) is 4.21. The lowest BCUT2D eigenvalue weighted by molar-refractivity contribution is -0.384. The number of nitro groups is 1. The SMILES string of the molecule is CNC(=S)NC(CO)C(O)c1ccc([N+](=O)[O-])cc1. The molecule has 0 heterocycles. The van der Waals surface area contributed by atoms with Gasteiger partial charge in [0.2, 0.25) is 0 Å². The van der Waals surface area contributed by atoms with Gasteiger partial charge in [-0.2, -0.15) is 0 Å². The van der Waals surface area contributed by atoms with Gasteiger partial charge in [0.05, 0.1) is 17.6 Å². The number of hydrogen-bond donors (Lipinski definition) is 4. The molecule has 0 amide bonds. The molecule has 104 valence electrons. The molecule has 0 saturated carbocycles. The Morgan fingerprint density at radius 1 is 1.47 bits per heavy atom. The van der Waals surface area contributed by atoms with Gasteiger partial charge in [-0.25, -0.2) is 0 Å². The van der Waals surface area contributed by atoms with Gasteiger partial charge in [-0.15, -0.1) is 0 Å². The lowest BCUT2D eigenvalue weighted by Gasteiger charge is -2.23. The molecule has 0 aliphatic heterocycles. The van der Waals surface area contributed by atoms with Crippen LogP contribution in [0.3, 0.4) is 0 Å². The highest BCUT2D eigenvalue weighted by Gasteiger charge is 2.21. The van der Waals surface area contributed by atoms with Crippen LogP contribution in [0.1, 0.15) is 11.7 Å². The van der Waals surface area contributed by atoms with Crippen LogP contribution in [0.5, 0.6) is 0 Å². The summed E-state index contributed by atoms with van der Waals surface area (Å²) in [5.41, 5.74) is 0.395. The molecule has 0 aliphatic carbocycles. The molecule has 4 N–H and O–H groups in total. The van der Waals surface area contributed by atoms with E-state index in [1.807, 2.05) is 0 Å². The summed E-state index contributed by atoms with van der Waals surface area (Å²) in [6.07, 6.45) is -1.03. The van der Waals surface area contributed by atoms with Gasteiger partial charge in [-0.3, -0.25) is 10.1 Å². The van der Waals surface area contributed by atoms with Crippen molar-refractivity contribution >= 4 is 23.0 Å². The average molecular weight is 285 g/mol. The predicted octanol–water partition coefficient (Wildman–Crippen LogP) is 0.0830. The van der Waals surface area contributed by atoms with Crippen molar-refractivity contribution in [1.29, 1.82) is 0 Å². The first-order valence-electron chi connectivity index (χ1n) is 5.51. The van der Waals surface area contributed by atoms with E-state index in [-0.39, 0.29) is 12.3 Å². The number of non-ortho nitro benzene ring substituents is 1. The molecule has 0 bridgehead atoms. The summed E-state index contributed by atoms with van der Waals surface area (Å²) in [6.45, 7) is -0.333. The van der Waals surface area contributed by atoms with Crippen LogP contribution in [0.15, 0.2) is 24.3 Å². The van der Waals surface area contributed by atoms with Crippen molar-refractivity contribution in [3.8, 4) is 0 Å². The van der Waals surface area contributed by atoms with Crippen molar-refractivity contribution in [2.45, 2.75) is 12.1 Å². The summed E-state index contributed by atoms with van der Waals surface area (Å²) in [5, 5.41) is 35.5. The molecule has 1 aromatic rings. The quantitative estimate of drug-likeness (QED) is 0.345. The number of benzene rings is 1. The molecule has 8 heteroatoms. The number of thiocarbonyl (C=S) groups is 1. The van der Waals surface area contributed by atoms with E-state index in [4.69, 9.17) is 12.2 Å². The lowest BCUT2D eigenvalue weighted by Crippen LogP contribution is -2.45. The van der Waals surface area contributed by atoms with Crippen LogP contribution in [0.2, 0.25) is 0 Å². The van der Waals surface area contributed by atoms with Crippen molar-refractivity contribution in [2.75, 3.05) is 13.7 Å². The van der Waals surface area contributed by atoms with Crippen LogP contribution < -0.4 is 10.6 Å². The van der Waals surface area contributed by atoms with Crippen molar-refractivity contribution in [3.63, 3.8) is 0 Å². The second-order valence-electron chi connectivity index (χ2n) is 3.81. The van der Waals surface area contributed by atoms with Gasteiger partial charge in [-0.1, -0.05) is 0 Å². The maximum atomic E-state index is 10.5. The van der Waals surface area contributed by atoms with Gasteiger partial charge in [0, 0.05) is 19.2 Å². The summed E-state index contributed by atoms with van der Waals surface area (Å²) in [6, 6.07) is 4.78. The van der Waals surface area contributed by atoms with E-state index in [2.05, 4.69) is 10.6 Å². The largest absolute Gasteiger partial charge is 0.394 e. The molecule has 2 unspecified atom stereocenters. The number of aliphatic hydroxyl groups is 2. The molecule has 1 rings (SSSR count). The third-order valence-electron chi connectivity index (χ3n) is 2.57. The molecule has 19 heavy (non-hydrogen) atoms. The minimum Gasteiger partial charge on any atom is -0.394 e. The molecule has 1 aromatic carbocycles. The van der Waals surface area contributed by atoms with Crippen LogP contribution in [0, 0.1) is 10.1 Å². The van der Waals surface area contributed by atoms with E-state index in [9.17, 15) is 20.3 Å². The van der Waals surface area contributed by atoms with E-state index in [1.54, 1.807) is 7.05 Å². The van der Waals surface area contributed by atoms with Crippen LogP contribution in [0.25, 0.3) is 0 Å². The van der Waals surface area contributed by atoms with E-state index < -0.39 is 17.1 Å². The zero-order valence-corrected chi connectivity index (χ0v) is 11.1. The summed E-state index contributed by atoms with van der Waals surface area (Å²) < 4.78 is 0. The second kappa shape index (κ2) is 6.98. The number of rotatable bonds is 5. The zero-order valence-electron chi connectivity index (χ0n) is 10.2. The molecular formula is C11H15N3O4S. The van der Waals surface area contributed by atoms with Gasteiger partial charge in [-0.05, 0) is 29.9 Å². The fourth-order valence-corrected chi connectivity index (χ4v) is 1.64. The maximum Gasteiger partial charge on any atom is 0.269 e. The van der Waals surface area contributed by atoms with Crippen molar-refractivity contribution in [3.05, 3.63) is 39.9 Å². The van der Waals surface area contributed by atoms with Gasteiger partial charge in [0.25, 0.3) is 5.69 Å². The van der Waals surface area contributed by atoms with Gasteiger partial charge >= 0.3 is 0 Å². The molecular weight excluding hydrogens is 270 g/mol. The monoisotopic (exact) mass is 285 g/mol. The molecule has 0 aromatic heterocycles. The third-order valence-corrected chi connectivity index (χ3v) is 2.89. The Hall–Kier alpha value is -1.77. The Morgan fingerprint density at radius 3 is 2.47 bits per heavy atom. The lowest BCUT2D eigenvalue weighted by atomic mass is 10.0. The summed E-state index contributed by atoms with van der Waals surface area (Å²) in [4.78, 5) is 10.0. The number of nitrogens with zero attached hydrogens (tertiary/aromatic N) is 1. The first-order valence-corrected chi connectivity index (χ1v) is 5.92. The predicted molar refractivity (Wildman–Crippen MR) is 73.7 cm³/mol. The third kappa shape index (κ3) is 4.12. The fraction of sp³-hybridized carbons (Fsp3) is 0.364. The Morgan fingerprint density at radius 2 is 2.05 bits per heavy atom. The molecule has 0 aliphatic rings. The minimum absolute atomic E-state index is 0.0600. The van der Waals surface area contributed by atoms with Crippen molar-refractivity contribution < 1.29 is 15.1 Å². The van der Waals surface area contributed by atoms with Gasteiger partial charge in [0.15, 0.2) is 5.11 Å². The normalized spacial score (nSPS) is 13.4. The number of nitrogens with one attached hydrogen (secondary N) is 2. The fourth-order valence-electron chi connectivity index (χ4n) is 1.49. The van der Waals surface area contributed by atoms with E-state index >= 15 is 0 Å². The van der Waals surface area contributed by atoms with Crippen molar-refractivity contribution in [2.24, 2.45) is 0 Å². The Balaban J connectivity index is 2.81. The number of hydrogen-bond acceptors (Lipinski definition) is 5. The highest BCUT2D eigenvalue weighted by Crippen LogP contribution is 2.20.